The van der Waals surface area contributed by atoms with Gasteiger partial charge in [0, 0.05) is 33.1 Å². The third kappa shape index (κ3) is 9.12. The summed E-state index contributed by atoms with van der Waals surface area (Å²) >= 11 is 0. The van der Waals surface area contributed by atoms with Gasteiger partial charge in [0.25, 0.3) is 5.91 Å². The average Bonchev–Trinajstić information content (AvgIpc) is 3.17. The second-order valence-corrected chi connectivity index (χ2v) is 9.26. The lowest BCUT2D eigenvalue weighted by molar-refractivity contribution is -0.170. The van der Waals surface area contributed by atoms with E-state index in [0.29, 0.717) is 56.2 Å². The van der Waals surface area contributed by atoms with Gasteiger partial charge in [0.15, 0.2) is 11.5 Å². The smallest absolute Gasteiger partial charge is 0.336 e. The summed E-state index contributed by atoms with van der Waals surface area (Å²) in [5, 5.41) is 47.4. The molecule has 0 atom stereocenters. The van der Waals surface area contributed by atoms with Crippen LogP contribution in [0.3, 0.4) is 0 Å². The molecule has 0 aliphatic carbocycles. The summed E-state index contributed by atoms with van der Waals surface area (Å²) in [6.07, 6.45) is -1.22. The van der Waals surface area contributed by atoms with Gasteiger partial charge in [-0.15, -0.1) is 0 Å². The van der Waals surface area contributed by atoms with Crippen molar-refractivity contribution >= 4 is 23.8 Å². The highest BCUT2D eigenvalue weighted by Gasteiger charge is 2.40. The number of piperidine rings is 1. The van der Waals surface area contributed by atoms with Crippen LogP contribution in [0.2, 0.25) is 0 Å². The number of nitrogens with one attached hydrogen (secondary N) is 1. The van der Waals surface area contributed by atoms with Gasteiger partial charge in [-0.25, -0.2) is 14.2 Å². The predicted octanol–water partition coefficient (Wildman–Crippen LogP) is 0.895. The van der Waals surface area contributed by atoms with Crippen molar-refractivity contribution in [3.8, 4) is 0 Å². The molecule has 214 valence electrons. The minimum absolute atomic E-state index is 0.252. The number of halogens is 1. The SMILES string of the molecule is Cc1nc(C)c(C(=O)NCCN2CCC(O)(c3cccc(F)c3)CC2)o1.O=C(O)CC(O)(CC(=O)O)C(=O)O. The Labute approximate surface area is 222 Å². The van der Waals surface area contributed by atoms with E-state index < -0.39 is 42.0 Å². The van der Waals surface area contributed by atoms with Crippen LogP contribution in [0.4, 0.5) is 4.39 Å². The topological polar surface area (TPSA) is 211 Å². The molecule has 1 aromatic heterocycles. The Hall–Kier alpha value is -3.88. The molecule has 0 unspecified atom stereocenters. The molecule has 14 heteroatoms. The van der Waals surface area contributed by atoms with Crippen molar-refractivity contribution in [1.82, 2.24) is 15.2 Å². The van der Waals surface area contributed by atoms with E-state index in [-0.39, 0.29) is 17.5 Å². The van der Waals surface area contributed by atoms with Crippen molar-refractivity contribution in [3.05, 3.63) is 53.0 Å². The second-order valence-electron chi connectivity index (χ2n) is 9.26. The first-order valence-electron chi connectivity index (χ1n) is 12.0. The van der Waals surface area contributed by atoms with Crippen LogP contribution in [0.5, 0.6) is 0 Å². The maximum atomic E-state index is 13.4. The predicted molar refractivity (Wildman–Crippen MR) is 131 cm³/mol. The summed E-state index contributed by atoms with van der Waals surface area (Å²) in [6.45, 7) is 5.97. The van der Waals surface area contributed by atoms with Gasteiger partial charge in [0.1, 0.15) is 5.82 Å². The van der Waals surface area contributed by atoms with Crippen LogP contribution in [0.1, 0.15) is 53.4 Å². The standard InChI is InChI=1S/C19H24FN3O3.C6H8O7/c1-13-17(26-14(2)22-13)18(24)21-8-11-23-9-6-19(25,7-10-23)15-4-3-5-16(20)12-15;7-3(8)1-6(13,5(11)12)2-4(9)10/h3-5,12,25H,6-11H2,1-2H3,(H,21,24);13H,1-2H2,(H,7,8)(H,9,10)(H,11,12). The number of aryl methyl sites for hydroxylation is 2. The Balaban J connectivity index is 0.000000349. The Morgan fingerprint density at radius 1 is 1.10 bits per heavy atom. The molecule has 1 aliphatic rings. The number of nitrogens with zero attached hydrogens (tertiary/aromatic N) is 2. The fraction of sp³-hybridized carbons (Fsp3) is 0.480. The molecule has 0 saturated carbocycles. The monoisotopic (exact) mass is 553 g/mol. The van der Waals surface area contributed by atoms with Crippen LogP contribution < -0.4 is 5.32 Å². The number of aliphatic hydroxyl groups is 2. The molecular weight excluding hydrogens is 521 g/mol. The minimum Gasteiger partial charge on any atom is -0.481 e. The Kier molecular flexibility index (Phi) is 10.7. The number of oxazole rings is 1. The Morgan fingerprint density at radius 2 is 1.69 bits per heavy atom. The van der Waals surface area contributed by atoms with Crippen molar-refractivity contribution in [2.24, 2.45) is 0 Å². The first-order chi connectivity index (χ1) is 18.1. The fourth-order valence-electron chi connectivity index (χ4n) is 4.08. The van der Waals surface area contributed by atoms with Gasteiger partial charge in [0.05, 0.1) is 24.1 Å². The highest BCUT2D eigenvalue weighted by molar-refractivity contribution is 5.92. The van der Waals surface area contributed by atoms with E-state index in [1.807, 2.05) is 0 Å². The molecule has 6 N–H and O–H groups in total. The first kappa shape index (κ1) is 31.3. The van der Waals surface area contributed by atoms with E-state index in [2.05, 4.69) is 15.2 Å². The molecule has 1 amide bonds. The van der Waals surface area contributed by atoms with Gasteiger partial charge in [-0.2, -0.15) is 0 Å². The molecule has 1 aliphatic heterocycles. The number of likely N-dealkylation sites (tertiary alicyclic amines) is 1. The van der Waals surface area contributed by atoms with Crippen LogP contribution >= 0.6 is 0 Å². The number of benzene rings is 1. The van der Waals surface area contributed by atoms with Gasteiger partial charge < -0.3 is 40.2 Å². The van der Waals surface area contributed by atoms with Crippen LogP contribution in [0.25, 0.3) is 0 Å². The third-order valence-corrected chi connectivity index (χ3v) is 6.15. The van der Waals surface area contributed by atoms with Crippen LogP contribution in [-0.2, 0) is 20.0 Å². The molecule has 1 aromatic carbocycles. The van der Waals surface area contributed by atoms with E-state index >= 15 is 0 Å². The van der Waals surface area contributed by atoms with E-state index in [1.54, 1.807) is 26.0 Å². The number of amides is 1. The van der Waals surface area contributed by atoms with E-state index in [0.717, 1.165) is 0 Å². The average molecular weight is 554 g/mol. The summed E-state index contributed by atoms with van der Waals surface area (Å²) in [5.41, 5.74) is -2.52. The number of hydrogen-bond donors (Lipinski definition) is 6. The normalized spacial score (nSPS) is 15.1. The molecule has 1 saturated heterocycles. The summed E-state index contributed by atoms with van der Waals surface area (Å²) in [6, 6.07) is 6.17. The molecule has 3 rings (SSSR count). The molecule has 0 bridgehead atoms. The first-order valence-corrected chi connectivity index (χ1v) is 12.0. The zero-order chi connectivity index (χ0) is 29.4. The number of carboxylic acids is 3. The lowest BCUT2D eigenvalue weighted by Gasteiger charge is -2.38. The van der Waals surface area contributed by atoms with Crippen molar-refractivity contribution in [2.45, 2.75) is 50.7 Å². The van der Waals surface area contributed by atoms with E-state index in [1.165, 1.54) is 12.1 Å². The van der Waals surface area contributed by atoms with Crippen molar-refractivity contribution < 1.29 is 53.5 Å². The summed E-state index contributed by atoms with van der Waals surface area (Å²) in [7, 11) is 0. The molecule has 1 fully saturated rings. The second kappa shape index (κ2) is 13.3. The van der Waals surface area contributed by atoms with Gasteiger partial charge in [-0.3, -0.25) is 14.4 Å². The molecule has 0 radical (unpaired) electrons. The summed E-state index contributed by atoms with van der Waals surface area (Å²) < 4.78 is 18.7. The molecule has 2 heterocycles. The van der Waals surface area contributed by atoms with E-state index in [4.69, 9.17) is 24.8 Å². The number of aliphatic carboxylic acids is 3. The molecule has 0 spiro atoms. The van der Waals surface area contributed by atoms with Gasteiger partial charge in [0.2, 0.25) is 5.76 Å². The van der Waals surface area contributed by atoms with Crippen LogP contribution in [0.15, 0.2) is 28.7 Å². The largest absolute Gasteiger partial charge is 0.481 e. The number of carboxylic acid groups (broad SMARTS) is 3. The fourth-order valence-corrected chi connectivity index (χ4v) is 4.08. The molecule has 13 nitrogen and oxygen atoms in total. The Bertz CT molecular complexity index is 1170. The quantitative estimate of drug-likeness (QED) is 0.242. The highest BCUT2D eigenvalue weighted by atomic mass is 19.1. The molecule has 2 aromatic rings. The van der Waals surface area contributed by atoms with E-state index in [9.17, 15) is 28.7 Å². The zero-order valence-electron chi connectivity index (χ0n) is 21.5. The number of rotatable bonds is 10. The van der Waals surface area contributed by atoms with Crippen molar-refractivity contribution in [1.29, 1.82) is 0 Å². The van der Waals surface area contributed by atoms with Gasteiger partial charge >= 0.3 is 17.9 Å². The lowest BCUT2D eigenvalue weighted by atomic mass is 9.84. The zero-order valence-corrected chi connectivity index (χ0v) is 21.5. The lowest BCUT2D eigenvalue weighted by Crippen LogP contribution is -2.45. The van der Waals surface area contributed by atoms with Crippen molar-refractivity contribution in [2.75, 3.05) is 26.2 Å². The maximum Gasteiger partial charge on any atom is 0.336 e. The summed E-state index contributed by atoms with van der Waals surface area (Å²) in [5.74, 6) is -4.90. The maximum absolute atomic E-state index is 13.4. The molecular formula is C25H32FN3O10. The van der Waals surface area contributed by atoms with Crippen LogP contribution in [-0.4, -0.2) is 91.0 Å². The van der Waals surface area contributed by atoms with Gasteiger partial charge in [-0.05, 0) is 37.5 Å². The number of aromatic nitrogens is 1. The highest BCUT2D eigenvalue weighted by Crippen LogP contribution is 2.32. The third-order valence-electron chi connectivity index (χ3n) is 6.15. The van der Waals surface area contributed by atoms with Gasteiger partial charge in [-0.1, -0.05) is 12.1 Å². The molecule has 39 heavy (non-hydrogen) atoms. The van der Waals surface area contributed by atoms with Crippen molar-refractivity contribution in [3.63, 3.8) is 0 Å². The number of carbonyl (C=O) groups is 4. The minimum atomic E-state index is -2.74. The number of hydrogen-bond acceptors (Lipinski definition) is 9. The number of carbonyl (C=O) groups excluding carboxylic acids is 1. The summed E-state index contributed by atoms with van der Waals surface area (Å²) in [4.78, 5) is 48.8. The van der Waals surface area contributed by atoms with Crippen LogP contribution in [0, 0.1) is 19.7 Å². The Morgan fingerprint density at radius 3 is 2.15 bits per heavy atom.